The Hall–Kier alpha value is -1.06. The van der Waals surface area contributed by atoms with Crippen LogP contribution in [0.1, 0.15) is 18.6 Å². The van der Waals surface area contributed by atoms with Gasteiger partial charge in [-0.2, -0.15) is 0 Å². The van der Waals surface area contributed by atoms with E-state index in [0.717, 1.165) is 17.9 Å². The Morgan fingerprint density at radius 3 is 2.86 bits per heavy atom. The summed E-state index contributed by atoms with van der Waals surface area (Å²) in [7, 11) is 1.69. The van der Waals surface area contributed by atoms with Gasteiger partial charge in [0.15, 0.2) is 0 Å². The van der Waals surface area contributed by atoms with Gasteiger partial charge < -0.3 is 9.47 Å². The second-order valence-corrected chi connectivity index (χ2v) is 3.42. The van der Waals surface area contributed by atoms with Crippen LogP contribution in [0.3, 0.4) is 0 Å². The van der Waals surface area contributed by atoms with Gasteiger partial charge in [-0.25, -0.2) is 0 Å². The van der Waals surface area contributed by atoms with Gasteiger partial charge in [0, 0.05) is 12.1 Å². The van der Waals surface area contributed by atoms with Crippen LogP contribution in [-0.2, 0) is 4.74 Å². The van der Waals surface area contributed by atoms with Crippen molar-refractivity contribution < 1.29 is 9.47 Å². The summed E-state index contributed by atoms with van der Waals surface area (Å²) in [5.74, 6) is 0.897. The van der Waals surface area contributed by atoms with E-state index in [2.05, 4.69) is 5.32 Å². The average Bonchev–Trinajstić information content (AvgIpc) is 2.65. The van der Waals surface area contributed by atoms with Crippen LogP contribution >= 0.6 is 0 Å². The average molecular weight is 193 g/mol. The van der Waals surface area contributed by atoms with Crippen LogP contribution in [0.2, 0.25) is 0 Å². The van der Waals surface area contributed by atoms with Gasteiger partial charge in [0.05, 0.1) is 7.11 Å². The van der Waals surface area contributed by atoms with Crippen molar-refractivity contribution in [1.29, 1.82) is 0 Å². The zero-order chi connectivity index (χ0) is 9.97. The van der Waals surface area contributed by atoms with E-state index < -0.39 is 0 Å². The van der Waals surface area contributed by atoms with E-state index in [-0.39, 0.29) is 12.3 Å². The van der Waals surface area contributed by atoms with E-state index in [0.29, 0.717) is 0 Å². The van der Waals surface area contributed by atoms with Crippen LogP contribution in [0.5, 0.6) is 5.75 Å². The lowest BCUT2D eigenvalue weighted by Gasteiger charge is -2.13. The molecule has 1 saturated heterocycles. The molecule has 1 fully saturated rings. The largest absolute Gasteiger partial charge is 0.496 e. The lowest BCUT2D eigenvalue weighted by Crippen LogP contribution is -2.17. The van der Waals surface area contributed by atoms with E-state index in [1.165, 1.54) is 0 Å². The molecule has 2 atom stereocenters. The number of ether oxygens (including phenoxy) is 2. The summed E-state index contributed by atoms with van der Waals surface area (Å²) in [6.07, 6.45) is 0.242. The first kappa shape index (κ1) is 9.49. The molecule has 2 rings (SSSR count). The molecule has 0 radical (unpaired) electrons. The van der Waals surface area contributed by atoms with Crippen molar-refractivity contribution >= 4 is 0 Å². The third-order valence-corrected chi connectivity index (χ3v) is 2.44. The molecule has 1 aliphatic rings. The molecule has 1 heterocycles. The first-order valence-electron chi connectivity index (χ1n) is 4.83. The quantitative estimate of drug-likeness (QED) is 0.775. The first-order valence-corrected chi connectivity index (χ1v) is 4.83. The number of methoxy groups -OCH3 is 1. The lowest BCUT2D eigenvalue weighted by atomic mass is 10.1. The molecule has 14 heavy (non-hydrogen) atoms. The van der Waals surface area contributed by atoms with Crippen molar-refractivity contribution in [1.82, 2.24) is 5.32 Å². The highest BCUT2D eigenvalue weighted by Gasteiger charge is 2.24. The second-order valence-electron chi connectivity index (χ2n) is 3.42. The Balaban J connectivity index is 2.22. The topological polar surface area (TPSA) is 30.5 Å². The molecule has 0 aromatic heterocycles. The third kappa shape index (κ3) is 1.74. The zero-order valence-electron chi connectivity index (χ0n) is 8.49. The number of hydrogen-bond acceptors (Lipinski definition) is 3. The Kier molecular flexibility index (Phi) is 2.70. The van der Waals surface area contributed by atoms with Crippen molar-refractivity contribution in [2.75, 3.05) is 13.7 Å². The molecule has 1 aromatic rings. The predicted octanol–water partition coefficient (Wildman–Crippen LogP) is 1.70. The molecule has 0 saturated carbocycles. The monoisotopic (exact) mass is 193 g/mol. The highest BCUT2D eigenvalue weighted by molar-refractivity contribution is 5.35. The van der Waals surface area contributed by atoms with Gasteiger partial charge in [-0.15, -0.1) is 0 Å². The molecule has 0 bridgehead atoms. The van der Waals surface area contributed by atoms with Gasteiger partial charge >= 0.3 is 0 Å². The molecule has 1 aromatic carbocycles. The summed E-state index contributed by atoms with van der Waals surface area (Å²) < 4.78 is 11.0. The molecule has 0 spiro atoms. The highest BCUT2D eigenvalue weighted by Crippen LogP contribution is 2.29. The molecule has 2 unspecified atom stereocenters. The molecule has 0 aliphatic carbocycles. The normalized spacial score (nSPS) is 26.4. The van der Waals surface area contributed by atoms with E-state index >= 15 is 0 Å². The minimum absolute atomic E-state index is 0.112. The van der Waals surface area contributed by atoms with Crippen molar-refractivity contribution in [2.24, 2.45) is 0 Å². The van der Waals surface area contributed by atoms with Gasteiger partial charge in [-0.3, -0.25) is 5.32 Å². The van der Waals surface area contributed by atoms with Crippen LogP contribution in [0.15, 0.2) is 24.3 Å². The van der Waals surface area contributed by atoms with Crippen molar-refractivity contribution in [2.45, 2.75) is 19.3 Å². The molecular weight excluding hydrogens is 178 g/mol. The Labute approximate surface area is 84.0 Å². The van der Waals surface area contributed by atoms with Crippen molar-refractivity contribution in [3.63, 3.8) is 0 Å². The molecule has 1 N–H and O–H groups in total. The molecule has 0 amide bonds. The Bertz CT molecular complexity index is 314. The minimum Gasteiger partial charge on any atom is -0.496 e. The fourth-order valence-corrected chi connectivity index (χ4v) is 1.73. The highest BCUT2D eigenvalue weighted by atomic mass is 16.5. The summed E-state index contributed by atoms with van der Waals surface area (Å²) in [6.45, 7) is 2.86. The molecular formula is C11H15NO2. The number of hydrogen-bond donors (Lipinski definition) is 1. The number of nitrogens with one attached hydrogen (secondary N) is 1. The predicted molar refractivity (Wildman–Crippen MR) is 54.3 cm³/mol. The Morgan fingerprint density at radius 2 is 2.21 bits per heavy atom. The molecule has 3 heteroatoms. The lowest BCUT2D eigenvalue weighted by molar-refractivity contribution is 0.0516. The van der Waals surface area contributed by atoms with E-state index in [1.54, 1.807) is 7.11 Å². The number of para-hydroxylation sites is 1. The fourth-order valence-electron chi connectivity index (χ4n) is 1.73. The van der Waals surface area contributed by atoms with Crippen molar-refractivity contribution in [3.05, 3.63) is 29.8 Å². The van der Waals surface area contributed by atoms with E-state index in [1.807, 2.05) is 31.2 Å². The van der Waals surface area contributed by atoms with Gasteiger partial charge in [-0.1, -0.05) is 18.2 Å². The van der Waals surface area contributed by atoms with Gasteiger partial charge in [0.1, 0.15) is 18.1 Å². The van der Waals surface area contributed by atoms with Gasteiger partial charge in [0.25, 0.3) is 0 Å². The molecule has 1 aliphatic heterocycles. The van der Waals surface area contributed by atoms with Crippen LogP contribution < -0.4 is 10.1 Å². The van der Waals surface area contributed by atoms with Crippen LogP contribution in [0.25, 0.3) is 0 Å². The smallest absolute Gasteiger partial charge is 0.124 e. The van der Waals surface area contributed by atoms with E-state index in [9.17, 15) is 0 Å². The maximum absolute atomic E-state index is 5.70. The fraction of sp³-hybridized carbons (Fsp3) is 0.455. The summed E-state index contributed by atoms with van der Waals surface area (Å²) in [4.78, 5) is 0. The molecule has 76 valence electrons. The van der Waals surface area contributed by atoms with Crippen molar-refractivity contribution in [3.8, 4) is 5.75 Å². The van der Waals surface area contributed by atoms with Crippen LogP contribution in [0, 0.1) is 0 Å². The zero-order valence-corrected chi connectivity index (χ0v) is 8.49. The Morgan fingerprint density at radius 1 is 1.43 bits per heavy atom. The second kappa shape index (κ2) is 3.98. The van der Waals surface area contributed by atoms with E-state index in [4.69, 9.17) is 9.47 Å². The van der Waals surface area contributed by atoms with Gasteiger partial charge in [0.2, 0.25) is 0 Å². The summed E-state index contributed by atoms with van der Waals surface area (Å²) in [5.41, 5.74) is 1.12. The van der Waals surface area contributed by atoms with Crippen LogP contribution in [0.4, 0.5) is 0 Å². The maximum Gasteiger partial charge on any atom is 0.124 e. The number of benzene rings is 1. The molecule has 3 nitrogen and oxygen atoms in total. The SMILES string of the molecule is COc1ccccc1C1CNC(C)O1. The standard InChI is InChI=1S/C11H15NO2/c1-8-12-7-11(14-8)9-5-3-4-6-10(9)13-2/h3-6,8,11-12H,7H2,1-2H3. The summed E-state index contributed by atoms with van der Waals surface area (Å²) >= 11 is 0. The van der Waals surface area contributed by atoms with Crippen LogP contribution in [-0.4, -0.2) is 19.9 Å². The summed E-state index contributed by atoms with van der Waals surface area (Å²) in [6, 6.07) is 7.98. The van der Waals surface area contributed by atoms with Gasteiger partial charge in [-0.05, 0) is 13.0 Å². The third-order valence-electron chi connectivity index (χ3n) is 2.44. The number of rotatable bonds is 2. The first-order chi connectivity index (χ1) is 6.81. The minimum atomic E-state index is 0.112. The maximum atomic E-state index is 5.70. The summed E-state index contributed by atoms with van der Waals surface area (Å²) in [5, 5.41) is 3.24.